The average Bonchev–Trinajstić information content (AvgIpc) is 2.92. The van der Waals surface area contributed by atoms with Crippen LogP contribution in [0.5, 0.6) is 0 Å². The molecule has 1 aromatic carbocycles. The second kappa shape index (κ2) is 6.86. The molecule has 0 spiro atoms. The second-order valence-corrected chi connectivity index (χ2v) is 6.14. The van der Waals surface area contributed by atoms with Gasteiger partial charge in [-0.3, -0.25) is 9.89 Å². The predicted molar refractivity (Wildman–Crippen MR) is 91.6 cm³/mol. The summed E-state index contributed by atoms with van der Waals surface area (Å²) < 4.78 is 0. The topological polar surface area (TPSA) is 52.2 Å². The number of hydrogen-bond donors (Lipinski definition) is 1. The summed E-state index contributed by atoms with van der Waals surface area (Å²) in [5.41, 5.74) is 4.56. The van der Waals surface area contributed by atoms with Crippen molar-refractivity contribution < 1.29 is 4.79 Å². The van der Waals surface area contributed by atoms with E-state index in [1.54, 1.807) is 0 Å². The number of aryl methyl sites for hydroxylation is 3. The summed E-state index contributed by atoms with van der Waals surface area (Å²) in [4.78, 5) is 16.7. The van der Waals surface area contributed by atoms with Gasteiger partial charge in [0.25, 0.3) is 0 Å². The Morgan fingerprint density at radius 3 is 2.43 bits per heavy atom. The quantitative estimate of drug-likeness (QED) is 0.942. The lowest BCUT2D eigenvalue weighted by Crippen LogP contribution is -2.49. The molecule has 122 valence electrons. The molecular weight excluding hydrogens is 288 g/mol. The Hall–Kier alpha value is -2.30. The predicted octanol–water partition coefficient (Wildman–Crippen LogP) is 2.31. The van der Waals surface area contributed by atoms with Crippen LogP contribution in [0.25, 0.3) is 0 Å². The monoisotopic (exact) mass is 312 g/mol. The molecule has 1 aliphatic heterocycles. The number of nitrogens with zero attached hydrogens (tertiary/aromatic N) is 3. The van der Waals surface area contributed by atoms with Gasteiger partial charge in [0.1, 0.15) is 0 Å². The van der Waals surface area contributed by atoms with Crippen molar-refractivity contribution in [1.29, 1.82) is 0 Å². The minimum Gasteiger partial charge on any atom is -0.365 e. The Kier molecular flexibility index (Phi) is 4.65. The van der Waals surface area contributed by atoms with Crippen LogP contribution in [0.1, 0.15) is 23.4 Å². The van der Waals surface area contributed by atoms with Gasteiger partial charge in [-0.1, -0.05) is 30.3 Å². The molecule has 0 unspecified atom stereocenters. The van der Waals surface area contributed by atoms with Crippen LogP contribution in [-0.4, -0.2) is 47.2 Å². The molecule has 1 aromatic heterocycles. The summed E-state index contributed by atoms with van der Waals surface area (Å²) in [5.74, 6) is 0.258. The number of rotatable bonds is 4. The molecule has 0 atom stereocenters. The van der Waals surface area contributed by atoms with E-state index < -0.39 is 0 Å². The maximum absolute atomic E-state index is 12.4. The molecule has 1 amide bonds. The fourth-order valence-electron chi connectivity index (χ4n) is 3.24. The molecule has 1 aliphatic rings. The first-order valence-corrected chi connectivity index (χ1v) is 8.23. The van der Waals surface area contributed by atoms with Gasteiger partial charge < -0.3 is 9.80 Å². The molecule has 1 saturated heterocycles. The van der Waals surface area contributed by atoms with Crippen LogP contribution < -0.4 is 4.90 Å². The number of amides is 1. The average molecular weight is 312 g/mol. The van der Waals surface area contributed by atoms with E-state index in [0.717, 1.165) is 44.0 Å². The second-order valence-electron chi connectivity index (χ2n) is 6.14. The zero-order valence-corrected chi connectivity index (χ0v) is 13.9. The number of piperazine rings is 1. The van der Waals surface area contributed by atoms with Crippen LogP contribution in [-0.2, 0) is 11.2 Å². The van der Waals surface area contributed by atoms with Crippen molar-refractivity contribution in [2.45, 2.75) is 26.7 Å². The zero-order chi connectivity index (χ0) is 16.2. The first-order valence-electron chi connectivity index (χ1n) is 8.23. The Morgan fingerprint density at radius 2 is 1.83 bits per heavy atom. The molecule has 2 heterocycles. The lowest BCUT2D eigenvalue weighted by molar-refractivity contribution is -0.131. The molecule has 5 nitrogen and oxygen atoms in total. The van der Waals surface area contributed by atoms with E-state index in [2.05, 4.69) is 27.2 Å². The molecule has 23 heavy (non-hydrogen) atoms. The van der Waals surface area contributed by atoms with E-state index in [4.69, 9.17) is 0 Å². The standard InChI is InChI=1S/C18H24N4O/c1-14-18(15(2)20-19-14)22-12-10-21(11-13-22)17(23)9-8-16-6-4-3-5-7-16/h3-7H,8-13H2,1-2H3,(H,19,20). The number of aromatic amines is 1. The summed E-state index contributed by atoms with van der Waals surface area (Å²) in [6.07, 6.45) is 1.41. The van der Waals surface area contributed by atoms with E-state index >= 15 is 0 Å². The number of benzene rings is 1. The number of nitrogens with one attached hydrogen (secondary N) is 1. The van der Waals surface area contributed by atoms with Gasteiger partial charge in [-0.15, -0.1) is 0 Å². The molecule has 0 aliphatic carbocycles. The zero-order valence-electron chi connectivity index (χ0n) is 13.9. The maximum atomic E-state index is 12.4. The lowest BCUT2D eigenvalue weighted by Gasteiger charge is -2.36. The summed E-state index contributed by atoms with van der Waals surface area (Å²) in [6, 6.07) is 10.2. The number of anilines is 1. The van der Waals surface area contributed by atoms with Gasteiger partial charge in [0.05, 0.1) is 17.1 Å². The van der Waals surface area contributed by atoms with Gasteiger partial charge in [0.15, 0.2) is 0 Å². The highest BCUT2D eigenvalue weighted by molar-refractivity contribution is 5.77. The number of carbonyl (C=O) groups excluding carboxylic acids is 1. The van der Waals surface area contributed by atoms with Gasteiger partial charge in [0.2, 0.25) is 5.91 Å². The SMILES string of the molecule is Cc1n[nH]c(C)c1N1CCN(C(=O)CCc2ccccc2)CC1. The van der Waals surface area contributed by atoms with Crippen molar-refractivity contribution in [2.24, 2.45) is 0 Å². The third kappa shape index (κ3) is 3.55. The molecule has 3 rings (SSSR count). The third-order valence-electron chi connectivity index (χ3n) is 4.51. The van der Waals surface area contributed by atoms with E-state index in [9.17, 15) is 4.79 Å². The summed E-state index contributed by atoms with van der Waals surface area (Å²) in [6.45, 7) is 7.40. The van der Waals surface area contributed by atoms with Crippen LogP contribution in [0.2, 0.25) is 0 Å². The van der Waals surface area contributed by atoms with Crippen molar-refractivity contribution in [3.8, 4) is 0 Å². The largest absolute Gasteiger partial charge is 0.365 e. The van der Waals surface area contributed by atoms with Crippen molar-refractivity contribution in [2.75, 3.05) is 31.1 Å². The number of carbonyl (C=O) groups is 1. The van der Waals surface area contributed by atoms with E-state index in [0.29, 0.717) is 6.42 Å². The summed E-state index contributed by atoms with van der Waals surface area (Å²) >= 11 is 0. The van der Waals surface area contributed by atoms with Crippen LogP contribution in [0, 0.1) is 13.8 Å². The summed E-state index contributed by atoms with van der Waals surface area (Å²) in [5, 5.41) is 7.30. The molecular formula is C18H24N4O. The van der Waals surface area contributed by atoms with E-state index in [1.807, 2.05) is 36.9 Å². The molecule has 1 fully saturated rings. The number of aromatic nitrogens is 2. The highest BCUT2D eigenvalue weighted by atomic mass is 16.2. The molecule has 0 saturated carbocycles. The molecule has 5 heteroatoms. The fourth-order valence-corrected chi connectivity index (χ4v) is 3.24. The van der Waals surface area contributed by atoms with Crippen LogP contribution in [0.15, 0.2) is 30.3 Å². The first kappa shape index (κ1) is 15.6. The Morgan fingerprint density at radius 1 is 1.13 bits per heavy atom. The van der Waals surface area contributed by atoms with Gasteiger partial charge in [0, 0.05) is 32.6 Å². The van der Waals surface area contributed by atoms with Gasteiger partial charge in [-0.25, -0.2) is 0 Å². The Labute approximate surface area is 137 Å². The minimum atomic E-state index is 0.258. The Balaban J connectivity index is 1.51. The molecule has 1 N–H and O–H groups in total. The van der Waals surface area contributed by atoms with Crippen LogP contribution in [0.3, 0.4) is 0 Å². The maximum Gasteiger partial charge on any atom is 0.223 e. The third-order valence-corrected chi connectivity index (χ3v) is 4.51. The number of H-pyrrole nitrogens is 1. The van der Waals surface area contributed by atoms with Crippen molar-refractivity contribution in [3.05, 3.63) is 47.3 Å². The molecule has 0 bridgehead atoms. The van der Waals surface area contributed by atoms with E-state index in [-0.39, 0.29) is 5.91 Å². The van der Waals surface area contributed by atoms with E-state index in [1.165, 1.54) is 11.3 Å². The highest BCUT2D eigenvalue weighted by Gasteiger charge is 2.23. The summed E-state index contributed by atoms with van der Waals surface area (Å²) in [7, 11) is 0. The van der Waals surface area contributed by atoms with Crippen molar-refractivity contribution in [3.63, 3.8) is 0 Å². The highest BCUT2D eigenvalue weighted by Crippen LogP contribution is 2.23. The normalized spacial score (nSPS) is 15.0. The van der Waals surface area contributed by atoms with Crippen LogP contribution in [0.4, 0.5) is 5.69 Å². The smallest absolute Gasteiger partial charge is 0.223 e. The van der Waals surface area contributed by atoms with Crippen molar-refractivity contribution >= 4 is 11.6 Å². The van der Waals surface area contributed by atoms with Crippen molar-refractivity contribution in [1.82, 2.24) is 15.1 Å². The lowest BCUT2D eigenvalue weighted by atomic mass is 10.1. The van der Waals surface area contributed by atoms with Crippen LogP contribution >= 0.6 is 0 Å². The fraction of sp³-hybridized carbons (Fsp3) is 0.444. The Bertz CT molecular complexity index is 637. The first-order chi connectivity index (χ1) is 11.1. The van der Waals surface area contributed by atoms with Gasteiger partial charge in [-0.05, 0) is 25.8 Å². The molecule has 2 aromatic rings. The minimum absolute atomic E-state index is 0.258. The van der Waals surface area contributed by atoms with Gasteiger partial charge in [-0.2, -0.15) is 5.10 Å². The number of hydrogen-bond acceptors (Lipinski definition) is 3. The van der Waals surface area contributed by atoms with Gasteiger partial charge >= 0.3 is 0 Å². The molecule has 0 radical (unpaired) electrons.